The summed E-state index contributed by atoms with van der Waals surface area (Å²) in [6, 6.07) is 14.9. The lowest BCUT2D eigenvalue weighted by molar-refractivity contribution is 0.0698. The van der Waals surface area contributed by atoms with Crippen molar-refractivity contribution >= 4 is 11.7 Å². The van der Waals surface area contributed by atoms with E-state index in [1.807, 2.05) is 42.5 Å². The molecule has 0 atom stereocenters. The van der Waals surface area contributed by atoms with Gasteiger partial charge in [0.1, 0.15) is 6.26 Å². The number of benzene rings is 2. The topological polar surface area (TPSA) is 67.8 Å². The Bertz CT molecular complexity index is 1020. The largest absolute Gasteiger partial charge is 0.478 e. The fourth-order valence-electron chi connectivity index (χ4n) is 3.11. The van der Waals surface area contributed by atoms with E-state index < -0.39 is 5.97 Å². The summed E-state index contributed by atoms with van der Waals surface area (Å²) >= 11 is 0. The molecule has 5 heteroatoms. The molecule has 140 valence electrons. The summed E-state index contributed by atoms with van der Waals surface area (Å²) in [4.78, 5) is 11.7. The van der Waals surface area contributed by atoms with E-state index in [1.54, 1.807) is 24.5 Å². The van der Waals surface area contributed by atoms with Crippen LogP contribution >= 0.6 is 0 Å². The van der Waals surface area contributed by atoms with Gasteiger partial charge in [0.2, 0.25) is 5.88 Å². The molecule has 0 saturated heterocycles. The molecule has 0 saturated carbocycles. The maximum Gasteiger partial charge on any atom is 0.337 e. The molecule has 5 nitrogen and oxygen atoms in total. The first kappa shape index (κ1) is 17.7. The van der Waals surface area contributed by atoms with Gasteiger partial charge in [0.05, 0.1) is 11.3 Å². The molecule has 0 amide bonds. The van der Waals surface area contributed by atoms with E-state index in [4.69, 9.17) is 9.47 Å². The highest BCUT2D eigenvalue weighted by Gasteiger charge is 2.18. The summed E-state index contributed by atoms with van der Waals surface area (Å²) in [7, 11) is 0. The number of hydrogen-bond donors (Lipinski definition) is 2. The fraction of sp³-hybridized carbons (Fsp3) is 0.0870. The zero-order valence-corrected chi connectivity index (χ0v) is 15.1. The minimum Gasteiger partial charge on any atom is -0.478 e. The lowest BCUT2D eigenvalue weighted by Crippen LogP contribution is -2.12. The van der Waals surface area contributed by atoms with Gasteiger partial charge in [-0.1, -0.05) is 54.6 Å². The van der Waals surface area contributed by atoms with Gasteiger partial charge >= 0.3 is 5.97 Å². The van der Waals surface area contributed by atoms with Crippen LogP contribution in [0.3, 0.4) is 0 Å². The molecular formula is C23H19NO4. The molecule has 2 aromatic carbocycles. The Morgan fingerprint density at radius 3 is 2.64 bits per heavy atom. The zero-order valence-electron chi connectivity index (χ0n) is 15.1. The lowest BCUT2D eigenvalue weighted by atomic mass is 10.0. The monoisotopic (exact) mass is 373 g/mol. The maximum atomic E-state index is 11.7. The predicted molar refractivity (Wildman–Crippen MR) is 107 cm³/mol. The summed E-state index contributed by atoms with van der Waals surface area (Å²) in [6.07, 6.45) is 10.8. The number of aromatic carboxylic acids is 1. The van der Waals surface area contributed by atoms with Crippen LogP contribution in [-0.2, 0) is 9.47 Å². The van der Waals surface area contributed by atoms with Crippen LogP contribution in [0.4, 0.5) is 5.69 Å². The highest BCUT2D eigenvalue weighted by Crippen LogP contribution is 2.30. The van der Waals surface area contributed by atoms with Crippen LogP contribution in [0.1, 0.15) is 23.2 Å². The standard InChI is InChI=1S/C23H19NO4/c25-23(26)19-12-11-18(16-7-3-1-4-8-16)13-20(19)24-22-15-27-14-21(28-22)17-9-5-2-6-10-17/h1-5,7-9,11-15,24H,6,10H2,(H,25,26). The summed E-state index contributed by atoms with van der Waals surface area (Å²) in [6.45, 7) is 0. The van der Waals surface area contributed by atoms with Crippen molar-refractivity contribution in [3.05, 3.63) is 102 Å². The second kappa shape index (κ2) is 7.88. The second-order valence-corrected chi connectivity index (χ2v) is 6.42. The molecule has 0 unspecified atom stereocenters. The zero-order chi connectivity index (χ0) is 19.3. The van der Waals surface area contributed by atoms with Gasteiger partial charge in [0, 0.05) is 0 Å². The van der Waals surface area contributed by atoms with Crippen molar-refractivity contribution in [2.24, 2.45) is 0 Å². The second-order valence-electron chi connectivity index (χ2n) is 6.42. The SMILES string of the molecule is O=C(O)c1ccc(-c2ccccc2)cc1NC1=COC=C(C2=CC=CCC2)O1. The summed E-state index contributed by atoms with van der Waals surface area (Å²) in [5, 5.41) is 12.6. The first-order chi connectivity index (χ1) is 13.7. The Morgan fingerprint density at radius 1 is 1.04 bits per heavy atom. The molecule has 0 spiro atoms. The normalized spacial score (nSPS) is 15.5. The third kappa shape index (κ3) is 3.83. The third-order valence-corrected chi connectivity index (χ3v) is 4.52. The molecule has 28 heavy (non-hydrogen) atoms. The number of carbonyl (C=O) groups is 1. The van der Waals surface area contributed by atoms with Gasteiger partial charge in [-0.2, -0.15) is 0 Å². The van der Waals surface area contributed by atoms with Gasteiger partial charge in [-0.3, -0.25) is 0 Å². The van der Waals surface area contributed by atoms with E-state index in [9.17, 15) is 9.90 Å². The smallest absolute Gasteiger partial charge is 0.337 e. The fourth-order valence-corrected chi connectivity index (χ4v) is 3.11. The Labute approximate surface area is 162 Å². The van der Waals surface area contributed by atoms with Crippen molar-refractivity contribution in [3.8, 4) is 11.1 Å². The average molecular weight is 373 g/mol. The molecule has 4 rings (SSSR count). The Balaban J connectivity index is 1.60. The number of allylic oxidation sites excluding steroid dienone is 4. The van der Waals surface area contributed by atoms with Gasteiger partial charge in [-0.15, -0.1) is 0 Å². The van der Waals surface area contributed by atoms with E-state index >= 15 is 0 Å². The first-order valence-electron chi connectivity index (χ1n) is 9.00. The van der Waals surface area contributed by atoms with Crippen LogP contribution in [0.5, 0.6) is 0 Å². The molecule has 1 aliphatic heterocycles. The van der Waals surface area contributed by atoms with Crippen molar-refractivity contribution in [2.75, 3.05) is 5.32 Å². The minimum absolute atomic E-state index is 0.153. The van der Waals surface area contributed by atoms with Gasteiger partial charge < -0.3 is 19.9 Å². The van der Waals surface area contributed by atoms with Gasteiger partial charge in [-0.05, 0) is 41.7 Å². The van der Waals surface area contributed by atoms with Crippen LogP contribution in [0.15, 0.2) is 96.5 Å². The van der Waals surface area contributed by atoms with Crippen molar-refractivity contribution in [2.45, 2.75) is 12.8 Å². The van der Waals surface area contributed by atoms with E-state index in [0.29, 0.717) is 17.3 Å². The summed E-state index contributed by atoms with van der Waals surface area (Å²) in [5.74, 6) is -0.0681. The number of rotatable bonds is 5. The average Bonchev–Trinajstić information content (AvgIpc) is 2.75. The van der Waals surface area contributed by atoms with Crippen molar-refractivity contribution in [1.82, 2.24) is 0 Å². The molecular weight excluding hydrogens is 354 g/mol. The first-order valence-corrected chi connectivity index (χ1v) is 9.00. The van der Waals surface area contributed by atoms with E-state index in [-0.39, 0.29) is 5.56 Å². The molecule has 2 N–H and O–H groups in total. The van der Waals surface area contributed by atoms with Crippen LogP contribution in [-0.4, -0.2) is 11.1 Å². The minimum atomic E-state index is -1.02. The van der Waals surface area contributed by atoms with E-state index in [1.165, 1.54) is 6.26 Å². The number of carboxylic acids is 1. The predicted octanol–water partition coefficient (Wildman–Crippen LogP) is 5.43. The Hall–Kier alpha value is -3.73. The van der Waals surface area contributed by atoms with Gasteiger partial charge in [0.15, 0.2) is 12.0 Å². The van der Waals surface area contributed by atoms with Crippen molar-refractivity contribution in [1.29, 1.82) is 0 Å². The molecule has 1 heterocycles. The third-order valence-electron chi connectivity index (χ3n) is 4.52. The quantitative estimate of drug-likeness (QED) is 0.732. The number of anilines is 1. The van der Waals surface area contributed by atoms with E-state index in [2.05, 4.69) is 11.4 Å². The van der Waals surface area contributed by atoms with Crippen molar-refractivity contribution in [3.63, 3.8) is 0 Å². The van der Waals surface area contributed by atoms with Crippen LogP contribution < -0.4 is 5.32 Å². The molecule has 2 aliphatic rings. The van der Waals surface area contributed by atoms with Gasteiger partial charge in [-0.25, -0.2) is 4.79 Å². The number of carboxylic acid groups (broad SMARTS) is 1. The Kier molecular flexibility index (Phi) is 4.97. The molecule has 0 bridgehead atoms. The van der Waals surface area contributed by atoms with Crippen LogP contribution in [0, 0.1) is 0 Å². The van der Waals surface area contributed by atoms with Crippen LogP contribution in [0.2, 0.25) is 0 Å². The maximum absolute atomic E-state index is 11.7. The molecule has 1 aliphatic carbocycles. The molecule has 2 aromatic rings. The Morgan fingerprint density at radius 2 is 1.89 bits per heavy atom. The number of hydrogen-bond acceptors (Lipinski definition) is 4. The summed E-state index contributed by atoms with van der Waals surface area (Å²) in [5.41, 5.74) is 3.52. The molecule has 0 radical (unpaired) electrons. The van der Waals surface area contributed by atoms with Gasteiger partial charge in [0.25, 0.3) is 0 Å². The molecule has 0 aromatic heterocycles. The molecule has 0 fully saturated rings. The highest BCUT2D eigenvalue weighted by atomic mass is 16.6. The van der Waals surface area contributed by atoms with E-state index in [0.717, 1.165) is 29.5 Å². The number of ether oxygens (including phenoxy) is 2. The summed E-state index contributed by atoms with van der Waals surface area (Å²) < 4.78 is 11.3. The van der Waals surface area contributed by atoms with Crippen molar-refractivity contribution < 1.29 is 19.4 Å². The van der Waals surface area contributed by atoms with Crippen LogP contribution in [0.25, 0.3) is 11.1 Å². The highest BCUT2D eigenvalue weighted by molar-refractivity contribution is 5.95. The number of nitrogens with one attached hydrogen (secondary N) is 1. The lowest BCUT2D eigenvalue weighted by Gasteiger charge is -2.21.